The smallest absolute Gasteiger partial charge is 0.412 e. The molecule has 0 spiro atoms. The monoisotopic (exact) mass is 552 g/mol. The van der Waals surface area contributed by atoms with Gasteiger partial charge < -0.3 is 30.3 Å². The van der Waals surface area contributed by atoms with Crippen molar-refractivity contribution >= 4 is 40.2 Å². The number of nitrogens with zero attached hydrogens (tertiary/aromatic N) is 1. The highest BCUT2D eigenvalue weighted by Crippen LogP contribution is 2.19. The predicted molar refractivity (Wildman–Crippen MR) is 136 cm³/mol. The third-order valence-corrected chi connectivity index (χ3v) is 5.59. The topological polar surface area (TPSA) is 142 Å². The minimum atomic E-state index is -1.11. The van der Waals surface area contributed by atoms with Crippen LogP contribution in [0.4, 0.5) is 19.4 Å². The standard InChI is InChI=1S/C25H27ClF2N4O6/c26-24-16(2-1-3-21(24)28)8-29-10-23(35)31-19(12-37-14-20(34)11-33)13-38-25(36)32-22-7-17-6-18(27)5-4-15(17)9-30-22/h1-7,9,19-20,29,33-34H,8,10-14H2,(H,31,35)(H,30,32,36)/t19-,20-/m0/s1. The van der Waals surface area contributed by atoms with Crippen molar-refractivity contribution in [3.8, 4) is 0 Å². The van der Waals surface area contributed by atoms with Crippen molar-refractivity contribution in [1.29, 1.82) is 0 Å². The fourth-order valence-corrected chi connectivity index (χ4v) is 3.49. The van der Waals surface area contributed by atoms with E-state index < -0.39 is 42.4 Å². The predicted octanol–water partition coefficient (Wildman–Crippen LogP) is 2.36. The van der Waals surface area contributed by atoms with Gasteiger partial charge in [0.05, 0.1) is 37.4 Å². The number of carbonyl (C=O) groups is 2. The summed E-state index contributed by atoms with van der Waals surface area (Å²) in [4.78, 5) is 28.8. The van der Waals surface area contributed by atoms with Gasteiger partial charge in [-0.1, -0.05) is 23.7 Å². The molecule has 1 heterocycles. The summed E-state index contributed by atoms with van der Waals surface area (Å²) in [6, 6.07) is 9.17. The van der Waals surface area contributed by atoms with Crippen LogP contribution in [0.25, 0.3) is 10.8 Å². The molecular formula is C25H27ClF2N4O6. The number of ether oxygens (including phenoxy) is 2. The molecule has 10 nitrogen and oxygen atoms in total. The molecule has 0 aliphatic carbocycles. The first-order valence-electron chi connectivity index (χ1n) is 11.5. The lowest BCUT2D eigenvalue weighted by atomic mass is 10.2. The molecule has 13 heteroatoms. The molecule has 5 N–H and O–H groups in total. The molecule has 3 aromatic rings. The lowest BCUT2D eigenvalue weighted by molar-refractivity contribution is -0.122. The summed E-state index contributed by atoms with van der Waals surface area (Å²) in [6.07, 6.45) is -0.517. The molecule has 204 valence electrons. The van der Waals surface area contributed by atoms with Gasteiger partial charge in [0, 0.05) is 18.1 Å². The van der Waals surface area contributed by atoms with Crippen LogP contribution in [-0.4, -0.2) is 72.3 Å². The molecule has 0 saturated carbocycles. The zero-order chi connectivity index (χ0) is 27.5. The third kappa shape index (κ3) is 9.15. The Bertz CT molecular complexity index is 1250. The van der Waals surface area contributed by atoms with Crippen LogP contribution in [-0.2, 0) is 20.8 Å². The highest BCUT2D eigenvalue weighted by Gasteiger charge is 2.17. The number of aliphatic hydroxyl groups excluding tert-OH is 2. The fourth-order valence-electron chi connectivity index (χ4n) is 3.30. The Hall–Kier alpha value is -3.42. The highest BCUT2D eigenvalue weighted by molar-refractivity contribution is 6.31. The van der Waals surface area contributed by atoms with Gasteiger partial charge in [0.15, 0.2) is 0 Å². The number of hydrogen-bond acceptors (Lipinski definition) is 8. The molecule has 38 heavy (non-hydrogen) atoms. The van der Waals surface area contributed by atoms with Crippen LogP contribution in [0.3, 0.4) is 0 Å². The molecule has 0 fully saturated rings. The van der Waals surface area contributed by atoms with Crippen LogP contribution in [0, 0.1) is 11.6 Å². The van der Waals surface area contributed by atoms with E-state index in [1.807, 2.05) is 0 Å². The van der Waals surface area contributed by atoms with Crippen LogP contribution in [0.15, 0.2) is 48.7 Å². The summed E-state index contributed by atoms with van der Waals surface area (Å²) >= 11 is 5.91. The number of aromatic nitrogens is 1. The van der Waals surface area contributed by atoms with Crippen LogP contribution in [0.5, 0.6) is 0 Å². The van der Waals surface area contributed by atoms with Gasteiger partial charge in [-0.3, -0.25) is 10.1 Å². The Balaban J connectivity index is 1.52. The fraction of sp³-hybridized carbons (Fsp3) is 0.320. The van der Waals surface area contributed by atoms with Crippen molar-refractivity contribution in [3.05, 3.63) is 70.9 Å². The normalized spacial score (nSPS) is 12.7. The van der Waals surface area contributed by atoms with Crippen LogP contribution >= 0.6 is 11.6 Å². The molecule has 3 rings (SSSR count). The summed E-state index contributed by atoms with van der Waals surface area (Å²) in [5, 5.41) is 27.5. The Kier molecular flexibility index (Phi) is 11.1. The second kappa shape index (κ2) is 14.5. The number of benzene rings is 2. The lowest BCUT2D eigenvalue weighted by Crippen LogP contribution is -2.46. The van der Waals surface area contributed by atoms with Crippen molar-refractivity contribution in [1.82, 2.24) is 15.6 Å². The number of rotatable bonds is 13. The van der Waals surface area contributed by atoms with E-state index in [9.17, 15) is 23.5 Å². The van der Waals surface area contributed by atoms with E-state index in [4.69, 9.17) is 26.2 Å². The number of halogens is 3. The van der Waals surface area contributed by atoms with E-state index in [0.29, 0.717) is 16.3 Å². The largest absolute Gasteiger partial charge is 0.447 e. The van der Waals surface area contributed by atoms with Crippen molar-refractivity contribution in [2.45, 2.75) is 18.7 Å². The number of anilines is 1. The zero-order valence-electron chi connectivity index (χ0n) is 20.1. The Morgan fingerprint density at radius 1 is 1.08 bits per heavy atom. The van der Waals surface area contributed by atoms with Crippen molar-refractivity contribution in [2.24, 2.45) is 0 Å². The van der Waals surface area contributed by atoms with Crippen LogP contribution in [0.1, 0.15) is 5.56 Å². The van der Waals surface area contributed by atoms with E-state index in [2.05, 4.69) is 20.9 Å². The van der Waals surface area contributed by atoms with Gasteiger partial charge in [0.1, 0.15) is 30.2 Å². The summed E-state index contributed by atoms with van der Waals surface area (Å²) in [5.74, 6) is -1.35. The zero-order valence-corrected chi connectivity index (χ0v) is 20.9. The minimum Gasteiger partial charge on any atom is -0.447 e. The molecule has 0 saturated heterocycles. The molecular weight excluding hydrogens is 526 g/mol. The molecule has 2 atom stereocenters. The molecule has 0 bridgehead atoms. The van der Waals surface area contributed by atoms with E-state index in [0.717, 1.165) is 0 Å². The lowest BCUT2D eigenvalue weighted by Gasteiger charge is -2.20. The van der Waals surface area contributed by atoms with Crippen molar-refractivity contribution in [3.63, 3.8) is 0 Å². The molecule has 0 unspecified atom stereocenters. The second-order valence-corrected chi connectivity index (χ2v) is 8.62. The number of carbonyl (C=O) groups excluding carboxylic acids is 2. The molecule has 0 aliphatic heterocycles. The van der Waals surface area contributed by atoms with Gasteiger partial charge >= 0.3 is 6.09 Å². The average Bonchev–Trinajstić information content (AvgIpc) is 2.89. The number of amides is 2. The van der Waals surface area contributed by atoms with E-state index in [1.54, 1.807) is 12.1 Å². The maximum atomic E-state index is 13.6. The average molecular weight is 553 g/mol. The first kappa shape index (κ1) is 29.1. The first-order valence-corrected chi connectivity index (χ1v) is 11.9. The molecule has 1 aromatic heterocycles. The van der Waals surface area contributed by atoms with E-state index in [-0.39, 0.29) is 43.8 Å². The minimum absolute atomic E-state index is 0.0421. The number of aliphatic hydroxyl groups is 2. The third-order valence-electron chi connectivity index (χ3n) is 5.17. The Morgan fingerprint density at radius 2 is 1.89 bits per heavy atom. The van der Waals surface area contributed by atoms with Gasteiger partial charge in [-0.15, -0.1) is 0 Å². The maximum absolute atomic E-state index is 13.6. The van der Waals surface area contributed by atoms with Gasteiger partial charge in [-0.25, -0.2) is 18.6 Å². The van der Waals surface area contributed by atoms with Crippen molar-refractivity contribution in [2.75, 3.05) is 38.3 Å². The summed E-state index contributed by atoms with van der Waals surface area (Å²) in [6.45, 7) is -1.18. The molecule has 2 aromatic carbocycles. The summed E-state index contributed by atoms with van der Waals surface area (Å²) in [7, 11) is 0. The van der Waals surface area contributed by atoms with Crippen LogP contribution < -0.4 is 16.0 Å². The SMILES string of the molecule is O=C(CNCc1cccc(F)c1Cl)N[C@@H](COC[C@@H](O)CO)COC(=O)Nc1cc2cc(F)ccc2cn1. The molecule has 0 radical (unpaired) electrons. The van der Waals surface area contributed by atoms with E-state index >= 15 is 0 Å². The quantitative estimate of drug-likeness (QED) is 0.218. The molecule has 0 aliphatic rings. The van der Waals surface area contributed by atoms with Gasteiger partial charge in [-0.2, -0.15) is 0 Å². The number of nitrogens with one attached hydrogen (secondary N) is 3. The highest BCUT2D eigenvalue weighted by atomic mass is 35.5. The van der Waals surface area contributed by atoms with Crippen molar-refractivity contribution < 1.29 is 38.1 Å². The van der Waals surface area contributed by atoms with Crippen LogP contribution in [0.2, 0.25) is 5.02 Å². The number of fused-ring (bicyclic) bond motifs is 1. The van der Waals surface area contributed by atoms with Gasteiger partial charge in [-0.05, 0) is 41.3 Å². The number of pyridine rings is 1. The second-order valence-electron chi connectivity index (χ2n) is 8.24. The van der Waals surface area contributed by atoms with E-state index in [1.165, 1.54) is 36.5 Å². The number of hydrogen-bond donors (Lipinski definition) is 5. The summed E-state index contributed by atoms with van der Waals surface area (Å²) < 4.78 is 37.5. The summed E-state index contributed by atoms with van der Waals surface area (Å²) in [5.41, 5.74) is 0.474. The van der Waals surface area contributed by atoms with Gasteiger partial charge in [0.2, 0.25) is 5.91 Å². The Morgan fingerprint density at radius 3 is 2.68 bits per heavy atom. The first-order chi connectivity index (χ1) is 18.2. The Labute approximate surface area is 221 Å². The maximum Gasteiger partial charge on any atom is 0.412 e. The molecule has 2 amide bonds. The van der Waals surface area contributed by atoms with Gasteiger partial charge in [0.25, 0.3) is 0 Å².